The normalized spacial score (nSPS) is 12.5. The van der Waals surface area contributed by atoms with Crippen molar-refractivity contribution in [2.75, 3.05) is 13.2 Å². The van der Waals surface area contributed by atoms with Crippen LogP contribution in [0.4, 0.5) is 0 Å². The van der Waals surface area contributed by atoms with E-state index in [1.54, 1.807) is 0 Å². The zero-order chi connectivity index (χ0) is 37.1. The van der Waals surface area contributed by atoms with Crippen LogP contribution in [0.5, 0.6) is 0 Å². The lowest BCUT2D eigenvalue weighted by molar-refractivity contribution is -0.161. The summed E-state index contributed by atoms with van der Waals surface area (Å²) in [7, 11) is 0. The molecule has 0 aromatic carbocycles. The molecule has 0 heterocycles. The first-order chi connectivity index (χ1) is 25.1. The van der Waals surface area contributed by atoms with Gasteiger partial charge in [0.1, 0.15) is 6.61 Å². The van der Waals surface area contributed by atoms with Gasteiger partial charge in [0, 0.05) is 12.8 Å². The first kappa shape index (κ1) is 49.1. The van der Waals surface area contributed by atoms with Crippen LogP contribution in [0.1, 0.15) is 226 Å². The Morgan fingerprint density at radius 3 is 1.18 bits per heavy atom. The lowest BCUT2D eigenvalue weighted by Gasteiger charge is -2.15. The smallest absolute Gasteiger partial charge is 0.306 e. The highest BCUT2D eigenvalue weighted by Gasteiger charge is 2.16. The monoisotopic (exact) mass is 717 g/mol. The molecule has 0 fully saturated rings. The van der Waals surface area contributed by atoms with E-state index in [0.717, 1.165) is 51.4 Å². The summed E-state index contributed by atoms with van der Waals surface area (Å²) < 4.78 is 10.6. The first-order valence-corrected chi connectivity index (χ1v) is 22.0. The number of ether oxygens (including phenoxy) is 2. The molecule has 0 saturated carbocycles. The second-order valence-electron chi connectivity index (χ2n) is 14.8. The molecule has 0 aromatic rings. The van der Waals surface area contributed by atoms with Gasteiger partial charge in [0.25, 0.3) is 0 Å². The maximum Gasteiger partial charge on any atom is 0.306 e. The number of aliphatic hydroxyl groups excluding tert-OH is 1. The van der Waals surface area contributed by atoms with Crippen molar-refractivity contribution in [1.29, 1.82) is 0 Å². The number of rotatable bonds is 40. The second kappa shape index (κ2) is 42.5. The van der Waals surface area contributed by atoms with Crippen LogP contribution in [0.2, 0.25) is 0 Å². The van der Waals surface area contributed by atoms with Crippen molar-refractivity contribution in [2.45, 2.75) is 232 Å². The fourth-order valence-electron chi connectivity index (χ4n) is 6.29. The van der Waals surface area contributed by atoms with Gasteiger partial charge in [-0.3, -0.25) is 9.59 Å². The van der Waals surface area contributed by atoms with Crippen molar-refractivity contribution in [3.05, 3.63) is 36.5 Å². The Labute approximate surface area is 316 Å². The van der Waals surface area contributed by atoms with Gasteiger partial charge in [0.15, 0.2) is 6.10 Å². The largest absolute Gasteiger partial charge is 0.462 e. The SMILES string of the molecule is CCCCCCC/C=C\C/C=C\CCCCCCCCCCCCCC(=O)OC(CO)COC(=O)CCCCCCC/C=C\CCCCCCC. The maximum atomic E-state index is 12.2. The zero-order valence-electron chi connectivity index (χ0n) is 33.9. The molecule has 1 unspecified atom stereocenters. The minimum absolute atomic E-state index is 0.0692. The zero-order valence-corrected chi connectivity index (χ0v) is 33.9. The van der Waals surface area contributed by atoms with E-state index in [1.807, 2.05) is 0 Å². The molecule has 0 amide bonds. The molecule has 0 saturated heterocycles. The molecule has 1 N–H and O–H groups in total. The maximum absolute atomic E-state index is 12.2. The van der Waals surface area contributed by atoms with Crippen LogP contribution in [0.3, 0.4) is 0 Å². The summed E-state index contributed by atoms with van der Waals surface area (Å²) in [4.78, 5) is 24.3. The number of aliphatic hydroxyl groups is 1. The standard InChI is InChI=1S/C46H84O5/c1-3-5-7-9-11-13-15-17-19-20-21-22-23-24-25-26-27-29-31-33-35-37-39-41-46(49)51-44(42-47)43-50-45(48)40-38-36-34-32-30-28-18-16-14-12-10-8-6-4-2/h15-18,20-21,44,47H,3-14,19,22-43H2,1-2H3/b17-15-,18-16-,21-20-. The van der Waals surface area contributed by atoms with E-state index in [4.69, 9.17) is 9.47 Å². The lowest BCUT2D eigenvalue weighted by Crippen LogP contribution is -2.28. The topological polar surface area (TPSA) is 72.8 Å². The van der Waals surface area contributed by atoms with Gasteiger partial charge in [-0.25, -0.2) is 0 Å². The minimum Gasteiger partial charge on any atom is -0.462 e. The van der Waals surface area contributed by atoms with Crippen molar-refractivity contribution >= 4 is 11.9 Å². The summed E-state index contributed by atoms with van der Waals surface area (Å²) in [5.41, 5.74) is 0. The molecule has 0 aliphatic rings. The van der Waals surface area contributed by atoms with Gasteiger partial charge in [0.2, 0.25) is 0 Å². The van der Waals surface area contributed by atoms with E-state index in [0.29, 0.717) is 12.8 Å². The summed E-state index contributed by atoms with van der Waals surface area (Å²) >= 11 is 0. The van der Waals surface area contributed by atoms with Crippen LogP contribution in [0, 0.1) is 0 Å². The summed E-state index contributed by atoms with van der Waals surface area (Å²) in [5, 5.41) is 9.57. The van der Waals surface area contributed by atoms with Crippen LogP contribution >= 0.6 is 0 Å². The van der Waals surface area contributed by atoms with Gasteiger partial charge in [-0.2, -0.15) is 0 Å². The average Bonchev–Trinajstić information content (AvgIpc) is 3.13. The number of hydrogen-bond acceptors (Lipinski definition) is 5. The van der Waals surface area contributed by atoms with Gasteiger partial charge in [-0.15, -0.1) is 0 Å². The van der Waals surface area contributed by atoms with Gasteiger partial charge in [-0.1, -0.05) is 179 Å². The van der Waals surface area contributed by atoms with E-state index >= 15 is 0 Å². The lowest BCUT2D eigenvalue weighted by atomic mass is 10.0. The van der Waals surface area contributed by atoms with Gasteiger partial charge in [-0.05, 0) is 70.6 Å². The van der Waals surface area contributed by atoms with E-state index in [-0.39, 0.29) is 25.2 Å². The Morgan fingerprint density at radius 2 is 0.784 bits per heavy atom. The second-order valence-corrected chi connectivity index (χ2v) is 14.8. The van der Waals surface area contributed by atoms with Crippen LogP contribution in [-0.4, -0.2) is 36.4 Å². The third kappa shape index (κ3) is 40.7. The van der Waals surface area contributed by atoms with Gasteiger partial charge >= 0.3 is 11.9 Å². The minimum atomic E-state index is -0.774. The Kier molecular flexibility index (Phi) is 41.0. The molecule has 0 aromatic heterocycles. The Balaban J connectivity index is 3.52. The fourth-order valence-corrected chi connectivity index (χ4v) is 6.29. The highest BCUT2D eigenvalue weighted by atomic mass is 16.6. The Hall–Kier alpha value is -1.88. The molecule has 0 radical (unpaired) electrons. The molecule has 1 atom stereocenters. The van der Waals surface area contributed by atoms with Crippen molar-refractivity contribution in [3.8, 4) is 0 Å². The number of esters is 2. The molecule has 298 valence electrons. The predicted molar refractivity (Wildman–Crippen MR) is 219 cm³/mol. The average molecular weight is 717 g/mol. The highest BCUT2D eigenvalue weighted by Crippen LogP contribution is 2.14. The third-order valence-corrected chi connectivity index (χ3v) is 9.66. The molecular weight excluding hydrogens is 633 g/mol. The van der Waals surface area contributed by atoms with Crippen LogP contribution < -0.4 is 0 Å². The quantitative estimate of drug-likeness (QED) is 0.0388. The first-order valence-electron chi connectivity index (χ1n) is 22.0. The van der Waals surface area contributed by atoms with Crippen molar-refractivity contribution in [3.63, 3.8) is 0 Å². The molecule has 0 aliphatic carbocycles. The van der Waals surface area contributed by atoms with Crippen LogP contribution in [0.25, 0.3) is 0 Å². The number of unbranched alkanes of at least 4 members (excludes halogenated alkanes) is 26. The van der Waals surface area contributed by atoms with E-state index in [1.165, 1.54) is 148 Å². The molecular formula is C46H84O5. The molecule has 0 bridgehead atoms. The Bertz CT molecular complexity index is 816. The number of carbonyl (C=O) groups excluding carboxylic acids is 2. The summed E-state index contributed by atoms with van der Waals surface area (Å²) in [5.74, 6) is -0.598. The number of hydrogen-bond donors (Lipinski definition) is 1. The number of allylic oxidation sites excluding steroid dienone is 6. The van der Waals surface area contributed by atoms with Crippen molar-refractivity contribution in [1.82, 2.24) is 0 Å². The predicted octanol–water partition coefficient (Wildman–Crippen LogP) is 14.0. The highest BCUT2D eigenvalue weighted by molar-refractivity contribution is 5.70. The van der Waals surface area contributed by atoms with Gasteiger partial charge in [0.05, 0.1) is 6.61 Å². The van der Waals surface area contributed by atoms with Crippen LogP contribution in [0.15, 0.2) is 36.5 Å². The van der Waals surface area contributed by atoms with Gasteiger partial charge < -0.3 is 14.6 Å². The summed E-state index contributed by atoms with van der Waals surface area (Å²) in [6.07, 6.45) is 52.1. The molecule has 0 rings (SSSR count). The molecule has 5 heteroatoms. The Morgan fingerprint density at radius 1 is 0.451 bits per heavy atom. The van der Waals surface area contributed by atoms with Crippen LogP contribution in [-0.2, 0) is 19.1 Å². The molecule has 51 heavy (non-hydrogen) atoms. The van der Waals surface area contributed by atoms with E-state index < -0.39 is 6.10 Å². The van der Waals surface area contributed by atoms with Crippen molar-refractivity contribution in [2.24, 2.45) is 0 Å². The summed E-state index contributed by atoms with van der Waals surface area (Å²) in [6, 6.07) is 0. The van der Waals surface area contributed by atoms with E-state index in [2.05, 4.69) is 50.3 Å². The molecule has 5 nitrogen and oxygen atoms in total. The van der Waals surface area contributed by atoms with E-state index in [9.17, 15) is 14.7 Å². The summed E-state index contributed by atoms with van der Waals surface area (Å²) in [6.45, 7) is 4.12. The van der Waals surface area contributed by atoms with Crippen molar-refractivity contribution < 1.29 is 24.2 Å². The fraction of sp³-hybridized carbons (Fsp3) is 0.826. The number of carbonyl (C=O) groups is 2. The molecule has 0 aliphatic heterocycles. The third-order valence-electron chi connectivity index (χ3n) is 9.66. The molecule has 0 spiro atoms.